The Labute approximate surface area is 178 Å². The van der Waals surface area contributed by atoms with Crippen molar-refractivity contribution in [3.63, 3.8) is 0 Å². The summed E-state index contributed by atoms with van der Waals surface area (Å²) in [5.74, 6) is 0.867. The van der Waals surface area contributed by atoms with Crippen LogP contribution in [0.4, 0.5) is 15.8 Å². The van der Waals surface area contributed by atoms with Gasteiger partial charge in [0.05, 0.1) is 30.4 Å². The van der Waals surface area contributed by atoms with Crippen molar-refractivity contribution in [2.24, 2.45) is 0 Å². The largest absolute Gasteiger partial charge is 0.495 e. The van der Waals surface area contributed by atoms with E-state index in [-0.39, 0.29) is 11.7 Å². The molecule has 1 aliphatic heterocycles. The number of para-hydroxylation sites is 2. The molecule has 0 spiro atoms. The topological polar surface area (TPSA) is 59.4 Å². The molecule has 0 saturated heterocycles. The van der Waals surface area contributed by atoms with Crippen LogP contribution in [0.15, 0.2) is 66.7 Å². The van der Waals surface area contributed by atoms with E-state index in [1.165, 1.54) is 24.3 Å². The number of rotatable bonds is 4. The Bertz CT molecular complexity index is 1270. The first kappa shape index (κ1) is 19.1. The zero-order valence-electron chi connectivity index (χ0n) is 17.0. The SMILES string of the molecule is COc1ccc(N2CCn3c(nc4ccccc43)C2)cc1NC(=O)c1ccc(F)cc1. The Kier molecular flexibility index (Phi) is 4.78. The van der Waals surface area contributed by atoms with Gasteiger partial charge in [-0.1, -0.05) is 12.1 Å². The maximum Gasteiger partial charge on any atom is 0.255 e. The van der Waals surface area contributed by atoms with Gasteiger partial charge in [-0.3, -0.25) is 4.79 Å². The molecule has 0 fully saturated rings. The number of imidazole rings is 1. The third kappa shape index (κ3) is 3.59. The van der Waals surface area contributed by atoms with E-state index in [4.69, 9.17) is 9.72 Å². The van der Waals surface area contributed by atoms with Gasteiger partial charge in [-0.25, -0.2) is 9.37 Å². The van der Waals surface area contributed by atoms with E-state index in [0.717, 1.165) is 35.6 Å². The van der Waals surface area contributed by atoms with Gasteiger partial charge >= 0.3 is 0 Å². The predicted octanol–water partition coefficient (Wildman–Crippen LogP) is 4.46. The maximum absolute atomic E-state index is 13.2. The number of carbonyl (C=O) groups is 1. The van der Waals surface area contributed by atoms with E-state index < -0.39 is 0 Å². The number of hydrogen-bond donors (Lipinski definition) is 1. The number of hydrogen-bond acceptors (Lipinski definition) is 4. The predicted molar refractivity (Wildman–Crippen MR) is 118 cm³/mol. The highest BCUT2D eigenvalue weighted by atomic mass is 19.1. The fourth-order valence-corrected chi connectivity index (χ4v) is 3.97. The number of nitrogens with one attached hydrogen (secondary N) is 1. The smallest absolute Gasteiger partial charge is 0.255 e. The molecule has 0 saturated carbocycles. The van der Waals surface area contributed by atoms with Crippen LogP contribution in [0.5, 0.6) is 5.75 Å². The van der Waals surface area contributed by atoms with Crippen molar-refractivity contribution in [2.45, 2.75) is 13.1 Å². The first-order valence-corrected chi connectivity index (χ1v) is 10.1. The van der Waals surface area contributed by atoms with Crippen LogP contribution < -0.4 is 15.0 Å². The van der Waals surface area contributed by atoms with E-state index >= 15 is 0 Å². The Morgan fingerprint density at radius 2 is 1.87 bits per heavy atom. The van der Waals surface area contributed by atoms with Gasteiger partial charge < -0.3 is 19.5 Å². The third-order valence-corrected chi connectivity index (χ3v) is 5.56. The molecule has 2 heterocycles. The van der Waals surface area contributed by atoms with Crippen LogP contribution in [0.25, 0.3) is 11.0 Å². The summed E-state index contributed by atoms with van der Waals surface area (Å²) < 4.78 is 20.9. The Balaban J connectivity index is 1.41. The summed E-state index contributed by atoms with van der Waals surface area (Å²) in [5, 5.41) is 2.88. The van der Waals surface area contributed by atoms with Crippen molar-refractivity contribution in [1.82, 2.24) is 9.55 Å². The summed E-state index contributed by atoms with van der Waals surface area (Å²) in [4.78, 5) is 19.6. The number of nitrogens with zero attached hydrogens (tertiary/aromatic N) is 3. The standard InChI is InChI=1S/C24H21FN4O2/c1-31-22-11-10-18(14-20(22)27-24(30)16-6-8-17(25)9-7-16)28-12-13-29-21-5-3-2-4-19(21)26-23(29)15-28/h2-11,14H,12-13,15H2,1H3,(H,27,30). The zero-order valence-corrected chi connectivity index (χ0v) is 17.0. The Hall–Kier alpha value is -3.87. The quantitative estimate of drug-likeness (QED) is 0.534. The van der Waals surface area contributed by atoms with Gasteiger partial charge in [0, 0.05) is 24.3 Å². The Morgan fingerprint density at radius 3 is 2.68 bits per heavy atom. The number of amides is 1. The lowest BCUT2D eigenvalue weighted by Crippen LogP contribution is -2.33. The number of halogens is 1. The third-order valence-electron chi connectivity index (χ3n) is 5.56. The van der Waals surface area contributed by atoms with Gasteiger partial charge in [0.15, 0.2) is 0 Å². The van der Waals surface area contributed by atoms with Gasteiger partial charge in [0.25, 0.3) is 5.91 Å². The molecular weight excluding hydrogens is 395 g/mol. The number of anilines is 2. The molecule has 0 atom stereocenters. The molecule has 7 heteroatoms. The molecule has 156 valence electrons. The lowest BCUT2D eigenvalue weighted by atomic mass is 10.2. The molecule has 0 aliphatic carbocycles. The highest BCUT2D eigenvalue weighted by Gasteiger charge is 2.21. The molecule has 3 aromatic carbocycles. The van der Waals surface area contributed by atoms with Crippen molar-refractivity contribution in [3.8, 4) is 5.75 Å². The molecule has 5 rings (SSSR count). The van der Waals surface area contributed by atoms with E-state index in [0.29, 0.717) is 23.5 Å². The molecule has 0 unspecified atom stereocenters. The molecule has 0 radical (unpaired) electrons. The van der Waals surface area contributed by atoms with Crippen LogP contribution >= 0.6 is 0 Å². The number of aromatic nitrogens is 2. The lowest BCUT2D eigenvalue weighted by Gasteiger charge is -2.30. The van der Waals surface area contributed by atoms with E-state index in [9.17, 15) is 9.18 Å². The van der Waals surface area contributed by atoms with Crippen molar-refractivity contribution in [1.29, 1.82) is 0 Å². The molecule has 4 aromatic rings. The van der Waals surface area contributed by atoms with Crippen LogP contribution in [0, 0.1) is 5.82 Å². The number of carbonyl (C=O) groups excluding carboxylic acids is 1. The van der Waals surface area contributed by atoms with E-state index in [1.54, 1.807) is 7.11 Å². The van der Waals surface area contributed by atoms with Gasteiger partial charge in [0.1, 0.15) is 17.4 Å². The van der Waals surface area contributed by atoms with Crippen molar-refractivity contribution < 1.29 is 13.9 Å². The van der Waals surface area contributed by atoms with Crippen LogP contribution in [-0.2, 0) is 13.1 Å². The zero-order chi connectivity index (χ0) is 21.4. The summed E-state index contributed by atoms with van der Waals surface area (Å²) >= 11 is 0. The van der Waals surface area contributed by atoms with Gasteiger partial charge in [0.2, 0.25) is 0 Å². The average Bonchev–Trinajstić information content (AvgIpc) is 3.17. The molecule has 0 bridgehead atoms. The fraction of sp³-hybridized carbons (Fsp3) is 0.167. The van der Waals surface area contributed by atoms with Crippen LogP contribution in [-0.4, -0.2) is 29.1 Å². The van der Waals surface area contributed by atoms with Gasteiger partial charge in [-0.05, 0) is 54.6 Å². The van der Waals surface area contributed by atoms with Crippen LogP contribution in [0.1, 0.15) is 16.2 Å². The molecule has 6 nitrogen and oxygen atoms in total. The van der Waals surface area contributed by atoms with Crippen LogP contribution in [0.2, 0.25) is 0 Å². The first-order chi connectivity index (χ1) is 15.1. The summed E-state index contributed by atoms with van der Waals surface area (Å²) in [6, 6.07) is 19.3. The van der Waals surface area contributed by atoms with Crippen LogP contribution in [0.3, 0.4) is 0 Å². The molecule has 1 aromatic heterocycles. The lowest BCUT2D eigenvalue weighted by molar-refractivity contribution is 0.102. The highest BCUT2D eigenvalue weighted by Crippen LogP contribution is 2.32. The fourth-order valence-electron chi connectivity index (χ4n) is 3.97. The normalized spacial score (nSPS) is 13.2. The molecule has 1 N–H and O–H groups in total. The minimum Gasteiger partial charge on any atom is -0.495 e. The minimum atomic E-state index is -0.382. The second kappa shape index (κ2) is 7.75. The molecule has 1 aliphatic rings. The molecule has 31 heavy (non-hydrogen) atoms. The second-order valence-corrected chi connectivity index (χ2v) is 7.44. The van der Waals surface area contributed by atoms with Crippen molar-refractivity contribution >= 4 is 28.3 Å². The second-order valence-electron chi connectivity index (χ2n) is 7.44. The van der Waals surface area contributed by atoms with E-state index in [2.05, 4.69) is 20.9 Å². The summed E-state index contributed by atoms with van der Waals surface area (Å²) in [7, 11) is 1.56. The summed E-state index contributed by atoms with van der Waals surface area (Å²) in [6.07, 6.45) is 0. The van der Waals surface area contributed by atoms with Crippen molar-refractivity contribution in [2.75, 3.05) is 23.9 Å². The number of benzene rings is 3. The highest BCUT2D eigenvalue weighted by molar-refractivity contribution is 6.05. The summed E-state index contributed by atoms with van der Waals surface area (Å²) in [6.45, 7) is 2.33. The van der Waals surface area contributed by atoms with E-state index in [1.807, 2.05) is 36.4 Å². The Morgan fingerprint density at radius 1 is 1.06 bits per heavy atom. The maximum atomic E-state index is 13.2. The molecule has 1 amide bonds. The number of methoxy groups -OCH3 is 1. The summed E-state index contributed by atoms with van der Waals surface area (Å²) in [5.41, 5.74) is 4.06. The van der Waals surface area contributed by atoms with Crippen molar-refractivity contribution in [3.05, 3.63) is 83.9 Å². The van der Waals surface area contributed by atoms with Gasteiger partial charge in [-0.2, -0.15) is 0 Å². The minimum absolute atomic E-state index is 0.323. The average molecular weight is 416 g/mol. The van der Waals surface area contributed by atoms with Gasteiger partial charge in [-0.15, -0.1) is 0 Å². The number of fused-ring (bicyclic) bond motifs is 3. The molecular formula is C24H21FN4O2. The monoisotopic (exact) mass is 416 g/mol. The number of ether oxygens (including phenoxy) is 1. The first-order valence-electron chi connectivity index (χ1n) is 10.1.